The monoisotopic (exact) mass is 142 g/mol. The van der Waals surface area contributed by atoms with Gasteiger partial charge in [-0.3, -0.25) is 0 Å². The van der Waals surface area contributed by atoms with Crippen LogP contribution in [0.15, 0.2) is 36.1 Å². The molecule has 0 aromatic rings. The predicted molar refractivity (Wildman–Crippen MR) is 38.6 cm³/mol. The Kier molecular flexibility index (Phi) is 1.96. The van der Waals surface area contributed by atoms with Gasteiger partial charge in [0.1, 0.15) is 11.1 Å². The third kappa shape index (κ3) is 1.61. The van der Waals surface area contributed by atoms with E-state index >= 15 is 0 Å². The summed E-state index contributed by atoms with van der Waals surface area (Å²) in [6.07, 6.45) is 8.67. The average molecular weight is 143 g/mol. The predicted octanol–water partition coefficient (Wildman–Crippen LogP) is 2.16. The van der Waals surface area contributed by atoms with E-state index < -0.39 is 0 Å². The summed E-state index contributed by atoms with van der Waals surface area (Å²) in [7, 11) is 0. The van der Waals surface area contributed by atoms with E-state index in [1.165, 1.54) is 0 Å². The van der Waals surface area contributed by atoms with Crippen LogP contribution in [0.2, 0.25) is 0 Å². The molecule has 0 amide bonds. The van der Waals surface area contributed by atoms with Gasteiger partial charge in [0, 0.05) is 0 Å². The summed E-state index contributed by atoms with van der Waals surface area (Å²) in [4.78, 5) is 0. The Labute approximate surface area is 59.0 Å². The zero-order valence-electron chi connectivity index (χ0n) is 4.79. The fraction of sp³-hybridized carbons (Fsp3) is 0.143. The number of aliphatic hydroxyl groups is 1. The minimum Gasteiger partial charge on any atom is -0.510 e. The van der Waals surface area contributed by atoms with Crippen molar-refractivity contribution in [3.63, 3.8) is 0 Å². The van der Waals surface area contributed by atoms with Gasteiger partial charge in [-0.2, -0.15) is 0 Å². The van der Waals surface area contributed by atoms with E-state index in [9.17, 15) is 0 Å². The summed E-state index contributed by atoms with van der Waals surface area (Å²) in [5.41, 5.74) is 0. The van der Waals surface area contributed by atoms with Gasteiger partial charge in [0.15, 0.2) is 0 Å². The smallest absolute Gasteiger partial charge is 0.114 e. The molecule has 0 aliphatic heterocycles. The number of hydrogen-bond donors (Lipinski definition) is 1. The molecule has 0 bridgehead atoms. The van der Waals surface area contributed by atoms with Crippen molar-refractivity contribution < 1.29 is 5.11 Å². The summed E-state index contributed by atoms with van der Waals surface area (Å²) in [6, 6.07) is 0. The highest BCUT2D eigenvalue weighted by atomic mass is 35.5. The molecule has 1 atom stereocenters. The summed E-state index contributed by atoms with van der Waals surface area (Å²) in [6.45, 7) is 0. The Morgan fingerprint density at radius 1 is 1.33 bits per heavy atom. The average Bonchev–Trinajstić information content (AvgIpc) is 1.99. The van der Waals surface area contributed by atoms with Crippen molar-refractivity contribution in [3.8, 4) is 0 Å². The standard InChI is InChI=1S/C7H7ClO/c8-6-4-2-1-3-5-7(6)9/h1-6,9H. The van der Waals surface area contributed by atoms with Crippen molar-refractivity contribution in [1.82, 2.24) is 0 Å². The number of halogens is 1. The van der Waals surface area contributed by atoms with Crippen LogP contribution in [0.25, 0.3) is 0 Å². The lowest BCUT2D eigenvalue weighted by Crippen LogP contribution is -1.95. The molecule has 0 heterocycles. The molecule has 0 aromatic heterocycles. The second kappa shape index (κ2) is 2.74. The van der Waals surface area contributed by atoms with Gasteiger partial charge in [-0.15, -0.1) is 11.6 Å². The van der Waals surface area contributed by atoms with Crippen LogP contribution in [0, 0.1) is 0 Å². The molecule has 0 saturated heterocycles. The molecular weight excluding hydrogens is 136 g/mol. The van der Waals surface area contributed by atoms with Crippen LogP contribution in [-0.2, 0) is 0 Å². The Hall–Kier alpha value is -0.690. The maximum atomic E-state index is 8.98. The van der Waals surface area contributed by atoms with E-state index in [0.29, 0.717) is 0 Å². The molecule has 0 aromatic carbocycles. The van der Waals surface area contributed by atoms with Crippen LogP contribution in [-0.4, -0.2) is 10.5 Å². The highest BCUT2D eigenvalue weighted by Crippen LogP contribution is 2.10. The molecule has 1 rings (SSSR count). The summed E-state index contributed by atoms with van der Waals surface area (Å²) < 4.78 is 0. The zero-order valence-corrected chi connectivity index (χ0v) is 5.55. The molecule has 1 aliphatic carbocycles. The van der Waals surface area contributed by atoms with Crippen molar-refractivity contribution in [1.29, 1.82) is 0 Å². The van der Waals surface area contributed by atoms with E-state index in [-0.39, 0.29) is 11.1 Å². The molecule has 0 fully saturated rings. The van der Waals surface area contributed by atoms with Crippen LogP contribution in [0.1, 0.15) is 0 Å². The molecule has 1 N–H and O–H groups in total. The molecule has 48 valence electrons. The first kappa shape index (κ1) is 6.43. The maximum absolute atomic E-state index is 8.98. The van der Waals surface area contributed by atoms with Gasteiger partial charge in [0.25, 0.3) is 0 Å². The quantitative estimate of drug-likeness (QED) is 0.514. The van der Waals surface area contributed by atoms with Gasteiger partial charge in [0.05, 0.1) is 0 Å². The molecule has 2 heteroatoms. The third-order valence-corrected chi connectivity index (χ3v) is 1.42. The summed E-state index contributed by atoms with van der Waals surface area (Å²) in [5, 5.41) is 8.62. The second-order valence-electron chi connectivity index (χ2n) is 1.76. The van der Waals surface area contributed by atoms with Gasteiger partial charge in [-0.1, -0.05) is 24.3 Å². The topological polar surface area (TPSA) is 20.2 Å². The largest absolute Gasteiger partial charge is 0.510 e. The van der Waals surface area contributed by atoms with Gasteiger partial charge < -0.3 is 5.11 Å². The first-order valence-electron chi connectivity index (χ1n) is 2.69. The van der Waals surface area contributed by atoms with Crippen molar-refractivity contribution in [3.05, 3.63) is 36.1 Å². The first-order valence-corrected chi connectivity index (χ1v) is 3.12. The number of aliphatic hydroxyl groups excluding tert-OH is 1. The number of rotatable bonds is 0. The molecular formula is C7H7ClO. The molecule has 1 unspecified atom stereocenters. The highest BCUT2D eigenvalue weighted by Gasteiger charge is 2.03. The van der Waals surface area contributed by atoms with E-state index in [0.717, 1.165) is 0 Å². The van der Waals surface area contributed by atoms with Crippen molar-refractivity contribution in [2.75, 3.05) is 0 Å². The van der Waals surface area contributed by atoms with Gasteiger partial charge in [-0.05, 0) is 6.08 Å². The fourth-order valence-electron chi connectivity index (χ4n) is 0.571. The fourth-order valence-corrected chi connectivity index (χ4v) is 0.727. The maximum Gasteiger partial charge on any atom is 0.114 e. The molecule has 0 radical (unpaired) electrons. The lowest BCUT2D eigenvalue weighted by atomic mass is 10.3. The summed E-state index contributed by atoms with van der Waals surface area (Å²) in [5.74, 6) is 0.196. The van der Waals surface area contributed by atoms with Crippen LogP contribution >= 0.6 is 11.6 Å². The molecule has 0 spiro atoms. The van der Waals surface area contributed by atoms with Crippen molar-refractivity contribution in [2.45, 2.75) is 5.38 Å². The normalized spacial score (nSPS) is 25.4. The number of hydrogen-bond acceptors (Lipinski definition) is 1. The second-order valence-corrected chi connectivity index (χ2v) is 2.23. The Bertz CT molecular complexity index is 179. The van der Waals surface area contributed by atoms with Gasteiger partial charge >= 0.3 is 0 Å². The van der Waals surface area contributed by atoms with Crippen molar-refractivity contribution >= 4 is 11.6 Å². The van der Waals surface area contributed by atoms with E-state index in [1.54, 1.807) is 24.3 Å². The SMILES string of the molecule is OC1=CC=CC=CC1Cl. The third-order valence-electron chi connectivity index (χ3n) is 1.05. The van der Waals surface area contributed by atoms with Crippen LogP contribution in [0.3, 0.4) is 0 Å². The van der Waals surface area contributed by atoms with Gasteiger partial charge in [-0.25, -0.2) is 0 Å². The summed E-state index contributed by atoms with van der Waals surface area (Å²) >= 11 is 5.63. The first-order chi connectivity index (χ1) is 4.30. The Balaban J connectivity index is 2.80. The van der Waals surface area contributed by atoms with Gasteiger partial charge in [0.2, 0.25) is 0 Å². The highest BCUT2D eigenvalue weighted by molar-refractivity contribution is 6.23. The Morgan fingerprint density at radius 2 is 2.11 bits per heavy atom. The van der Waals surface area contributed by atoms with Crippen molar-refractivity contribution in [2.24, 2.45) is 0 Å². The van der Waals surface area contributed by atoms with E-state index in [1.807, 2.05) is 6.08 Å². The number of allylic oxidation sites excluding steroid dienone is 5. The molecule has 9 heavy (non-hydrogen) atoms. The van der Waals surface area contributed by atoms with E-state index in [2.05, 4.69) is 0 Å². The van der Waals surface area contributed by atoms with Crippen LogP contribution in [0.5, 0.6) is 0 Å². The molecule has 1 aliphatic rings. The molecule has 0 saturated carbocycles. The lowest BCUT2D eigenvalue weighted by molar-refractivity contribution is 0.403. The lowest BCUT2D eigenvalue weighted by Gasteiger charge is -1.98. The van der Waals surface area contributed by atoms with Crippen LogP contribution < -0.4 is 0 Å². The minimum absolute atomic E-state index is 0.196. The van der Waals surface area contributed by atoms with E-state index in [4.69, 9.17) is 16.7 Å². The number of alkyl halides is 1. The minimum atomic E-state index is -0.361. The zero-order chi connectivity index (χ0) is 6.69. The Morgan fingerprint density at radius 3 is 2.89 bits per heavy atom. The molecule has 1 nitrogen and oxygen atoms in total. The van der Waals surface area contributed by atoms with Crippen LogP contribution in [0.4, 0.5) is 0 Å².